The number of β-amino-alcohol motifs (C(OH)–C–C–N with tert-alkyl or cyclic N) is 1. The van der Waals surface area contributed by atoms with E-state index in [0.29, 0.717) is 23.7 Å². The summed E-state index contributed by atoms with van der Waals surface area (Å²) >= 11 is 6.46. The Hall–Kier alpha value is -2.11. The number of amides is 1. The van der Waals surface area contributed by atoms with Crippen LogP contribution in [0.3, 0.4) is 0 Å². The third-order valence-corrected chi connectivity index (χ3v) is 5.89. The number of rotatable bonds is 4. The van der Waals surface area contributed by atoms with E-state index in [-0.39, 0.29) is 11.8 Å². The molecule has 0 unspecified atom stereocenters. The lowest BCUT2D eigenvalue weighted by Crippen LogP contribution is -2.29. The van der Waals surface area contributed by atoms with Crippen molar-refractivity contribution in [3.8, 4) is 0 Å². The third-order valence-electron chi connectivity index (χ3n) is 5.58. The average Bonchev–Trinajstić information content (AvgIpc) is 3.32. The number of likely N-dealkylation sites (tertiary alicyclic amines) is 1. The second-order valence-electron chi connectivity index (χ2n) is 7.46. The fourth-order valence-electron chi connectivity index (χ4n) is 4.08. The number of halogens is 1. The van der Waals surface area contributed by atoms with Gasteiger partial charge in [-0.25, -0.2) is 0 Å². The molecule has 5 nitrogen and oxygen atoms in total. The number of aliphatic hydroxyl groups excluding tert-OH is 1. The maximum Gasteiger partial charge on any atom is 0.254 e. The van der Waals surface area contributed by atoms with E-state index in [1.165, 1.54) is 12.8 Å². The van der Waals surface area contributed by atoms with Crippen molar-refractivity contribution in [1.82, 2.24) is 9.88 Å². The zero-order chi connectivity index (χ0) is 18.8. The van der Waals surface area contributed by atoms with Gasteiger partial charge in [-0.3, -0.25) is 9.78 Å². The largest absolute Gasteiger partial charge is 0.391 e. The van der Waals surface area contributed by atoms with Crippen molar-refractivity contribution in [2.24, 2.45) is 5.92 Å². The Morgan fingerprint density at radius 2 is 1.89 bits per heavy atom. The molecule has 0 aliphatic carbocycles. The summed E-state index contributed by atoms with van der Waals surface area (Å²) < 4.78 is 0. The highest BCUT2D eigenvalue weighted by atomic mass is 35.5. The van der Waals surface area contributed by atoms with Crippen LogP contribution in [0, 0.1) is 5.92 Å². The molecule has 4 rings (SSSR count). The Balaban J connectivity index is 1.44. The number of hydrogen-bond acceptors (Lipinski definition) is 4. The zero-order valence-electron chi connectivity index (χ0n) is 15.2. The molecule has 0 saturated carbocycles. The molecule has 0 spiro atoms. The predicted octanol–water partition coefficient (Wildman–Crippen LogP) is 3.01. The maximum atomic E-state index is 12.9. The molecule has 1 amide bonds. The Morgan fingerprint density at radius 3 is 2.59 bits per heavy atom. The van der Waals surface area contributed by atoms with E-state index in [1.54, 1.807) is 23.4 Å². The molecule has 27 heavy (non-hydrogen) atoms. The number of anilines is 1. The molecule has 1 aromatic heterocycles. The van der Waals surface area contributed by atoms with Gasteiger partial charge in [0, 0.05) is 50.1 Å². The number of carbonyl (C=O) groups excluding carboxylic acids is 1. The van der Waals surface area contributed by atoms with Gasteiger partial charge in [0.1, 0.15) is 0 Å². The van der Waals surface area contributed by atoms with Crippen LogP contribution in [0.2, 0.25) is 5.02 Å². The van der Waals surface area contributed by atoms with E-state index in [1.807, 2.05) is 24.3 Å². The Morgan fingerprint density at radius 1 is 1.15 bits per heavy atom. The fourth-order valence-corrected chi connectivity index (χ4v) is 4.38. The smallest absolute Gasteiger partial charge is 0.254 e. The lowest BCUT2D eigenvalue weighted by molar-refractivity contribution is 0.0764. The molecule has 2 fully saturated rings. The summed E-state index contributed by atoms with van der Waals surface area (Å²) in [6.07, 6.45) is 6.10. The molecule has 1 N–H and O–H groups in total. The van der Waals surface area contributed by atoms with Crippen LogP contribution < -0.4 is 4.90 Å². The van der Waals surface area contributed by atoms with Gasteiger partial charge in [-0.1, -0.05) is 11.6 Å². The molecule has 0 bridgehead atoms. The van der Waals surface area contributed by atoms with Gasteiger partial charge in [0.05, 0.1) is 16.8 Å². The van der Waals surface area contributed by atoms with E-state index < -0.39 is 6.10 Å². The summed E-state index contributed by atoms with van der Waals surface area (Å²) in [6.45, 7) is 2.94. The number of hydrogen-bond donors (Lipinski definition) is 1. The Kier molecular flexibility index (Phi) is 5.32. The molecule has 2 atom stereocenters. The zero-order valence-corrected chi connectivity index (χ0v) is 16.0. The normalized spacial score (nSPS) is 22.4. The molecule has 1 aromatic carbocycles. The maximum absolute atomic E-state index is 12.9. The van der Waals surface area contributed by atoms with Gasteiger partial charge < -0.3 is 14.9 Å². The Labute approximate surface area is 164 Å². The summed E-state index contributed by atoms with van der Waals surface area (Å²) in [7, 11) is 0. The monoisotopic (exact) mass is 385 g/mol. The molecule has 2 aliphatic heterocycles. The molecular formula is C21H24ClN3O2. The van der Waals surface area contributed by atoms with Crippen LogP contribution >= 0.6 is 11.6 Å². The molecular weight excluding hydrogens is 362 g/mol. The minimum Gasteiger partial charge on any atom is -0.391 e. The highest BCUT2D eigenvalue weighted by molar-refractivity contribution is 6.33. The van der Waals surface area contributed by atoms with Gasteiger partial charge in [0.25, 0.3) is 5.91 Å². The molecule has 3 heterocycles. The van der Waals surface area contributed by atoms with E-state index in [9.17, 15) is 9.90 Å². The van der Waals surface area contributed by atoms with Crippen LogP contribution in [0.15, 0.2) is 42.7 Å². The van der Waals surface area contributed by atoms with Crippen LogP contribution in [-0.4, -0.2) is 53.2 Å². The second kappa shape index (κ2) is 7.87. The summed E-state index contributed by atoms with van der Waals surface area (Å²) in [5.74, 6) is -0.0307. The van der Waals surface area contributed by atoms with Crippen molar-refractivity contribution in [2.75, 3.05) is 31.1 Å². The van der Waals surface area contributed by atoms with Gasteiger partial charge in [0.2, 0.25) is 0 Å². The van der Waals surface area contributed by atoms with Gasteiger partial charge in [-0.15, -0.1) is 0 Å². The van der Waals surface area contributed by atoms with Gasteiger partial charge in [0.15, 0.2) is 0 Å². The van der Waals surface area contributed by atoms with E-state index in [4.69, 9.17) is 11.6 Å². The van der Waals surface area contributed by atoms with Gasteiger partial charge in [-0.2, -0.15) is 0 Å². The van der Waals surface area contributed by atoms with E-state index in [2.05, 4.69) is 9.88 Å². The van der Waals surface area contributed by atoms with Crippen molar-refractivity contribution in [3.63, 3.8) is 0 Å². The number of aromatic nitrogens is 1. The molecule has 2 aliphatic rings. The molecule has 2 aromatic rings. The van der Waals surface area contributed by atoms with E-state index in [0.717, 1.165) is 30.8 Å². The van der Waals surface area contributed by atoms with Crippen LogP contribution in [0.1, 0.15) is 28.8 Å². The first kappa shape index (κ1) is 18.3. The average molecular weight is 386 g/mol. The summed E-state index contributed by atoms with van der Waals surface area (Å²) in [4.78, 5) is 20.9. The Bertz CT molecular complexity index is 808. The van der Waals surface area contributed by atoms with Crippen molar-refractivity contribution in [1.29, 1.82) is 0 Å². The van der Waals surface area contributed by atoms with Crippen molar-refractivity contribution in [3.05, 3.63) is 58.9 Å². The molecule has 0 radical (unpaired) electrons. The van der Waals surface area contributed by atoms with Crippen LogP contribution in [0.4, 0.5) is 5.69 Å². The number of nitrogens with zero attached hydrogens (tertiary/aromatic N) is 3. The van der Waals surface area contributed by atoms with Gasteiger partial charge >= 0.3 is 0 Å². The van der Waals surface area contributed by atoms with Crippen LogP contribution in [0.5, 0.6) is 0 Å². The second-order valence-corrected chi connectivity index (χ2v) is 7.86. The highest BCUT2D eigenvalue weighted by Gasteiger charge is 2.34. The standard InChI is InChI=1S/C21H24ClN3O2/c22-18-12-16(3-4-19(18)24-9-1-2-10-24)21(27)25-13-17(20(26)14-25)11-15-5-7-23-8-6-15/h3-8,12,17,20,26H,1-2,9-11,13-14H2/t17-,20+/m1/s1. The summed E-state index contributed by atoms with van der Waals surface area (Å²) in [6, 6.07) is 9.47. The van der Waals surface area contributed by atoms with Crippen molar-refractivity contribution in [2.45, 2.75) is 25.4 Å². The first-order valence-electron chi connectivity index (χ1n) is 9.52. The number of benzene rings is 1. The lowest BCUT2D eigenvalue weighted by Gasteiger charge is -2.21. The van der Waals surface area contributed by atoms with Crippen molar-refractivity contribution >= 4 is 23.2 Å². The predicted molar refractivity (Wildman–Crippen MR) is 106 cm³/mol. The molecule has 142 valence electrons. The van der Waals surface area contributed by atoms with E-state index >= 15 is 0 Å². The van der Waals surface area contributed by atoms with Gasteiger partial charge in [-0.05, 0) is 55.2 Å². The number of carbonyl (C=O) groups is 1. The SMILES string of the molecule is O=C(c1ccc(N2CCCC2)c(Cl)c1)N1C[C@@H](Cc2ccncc2)[C@@H](O)C1. The minimum absolute atomic E-state index is 0.0377. The topological polar surface area (TPSA) is 56.7 Å². The minimum atomic E-state index is -0.513. The third kappa shape index (κ3) is 3.94. The van der Waals surface area contributed by atoms with Crippen LogP contribution in [0.25, 0.3) is 0 Å². The first-order valence-corrected chi connectivity index (χ1v) is 9.90. The van der Waals surface area contributed by atoms with Crippen LogP contribution in [-0.2, 0) is 6.42 Å². The summed E-state index contributed by atoms with van der Waals surface area (Å²) in [5.41, 5.74) is 2.71. The molecule has 2 saturated heterocycles. The first-order chi connectivity index (χ1) is 13.1. The quantitative estimate of drug-likeness (QED) is 0.879. The summed E-state index contributed by atoms with van der Waals surface area (Å²) in [5, 5.41) is 11.0. The number of pyridine rings is 1. The highest BCUT2D eigenvalue weighted by Crippen LogP contribution is 2.31. The van der Waals surface area contributed by atoms with Crippen molar-refractivity contribution < 1.29 is 9.90 Å². The fraction of sp³-hybridized carbons (Fsp3) is 0.429. The lowest BCUT2D eigenvalue weighted by atomic mass is 9.97. The number of aliphatic hydroxyl groups is 1. The molecule has 6 heteroatoms.